The largest absolute Gasteiger partial charge is 0.380 e. The quantitative estimate of drug-likeness (QED) is 0.777. The van der Waals surface area contributed by atoms with Crippen LogP contribution in [0.4, 0.5) is 0 Å². The average molecular weight is 291 g/mol. The third-order valence-electron chi connectivity index (χ3n) is 5.56. The predicted octanol–water partition coefficient (Wildman–Crippen LogP) is 2.00. The topological polar surface area (TPSA) is 38.8 Å². The van der Waals surface area contributed by atoms with Gasteiger partial charge in [0.25, 0.3) is 0 Å². The van der Waals surface area contributed by atoms with E-state index in [1.165, 1.54) is 12.8 Å². The first-order valence-electron chi connectivity index (χ1n) is 8.41. The van der Waals surface area contributed by atoms with Crippen molar-refractivity contribution in [3.05, 3.63) is 11.6 Å². The summed E-state index contributed by atoms with van der Waals surface area (Å²) in [5, 5.41) is 0. The molecule has 2 saturated heterocycles. The molecule has 0 spiro atoms. The van der Waals surface area contributed by atoms with Crippen LogP contribution in [0.25, 0.3) is 0 Å². The van der Waals surface area contributed by atoms with Crippen LogP contribution in [0, 0.1) is 17.3 Å². The van der Waals surface area contributed by atoms with Gasteiger partial charge in [0.2, 0.25) is 5.91 Å². The molecule has 2 aliphatic carbocycles. The maximum atomic E-state index is 12.6. The maximum Gasteiger partial charge on any atom is 0.249 e. The molecule has 4 nitrogen and oxygen atoms in total. The van der Waals surface area contributed by atoms with Crippen LogP contribution in [0.5, 0.6) is 0 Å². The van der Waals surface area contributed by atoms with E-state index >= 15 is 0 Å². The fourth-order valence-electron chi connectivity index (χ4n) is 3.97. The van der Waals surface area contributed by atoms with Crippen LogP contribution >= 0.6 is 0 Å². The number of ether oxygens (including phenoxy) is 2. The van der Waals surface area contributed by atoms with E-state index in [9.17, 15) is 4.79 Å². The second-order valence-corrected chi connectivity index (χ2v) is 7.34. The Balaban J connectivity index is 1.39. The van der Waals surface area contributed by atoms with Crippen molar-refractivity contribution in [3.8, 4) is 0 Å². The van der Waals surface area contributed by atoms with Gasteiger partial charge in [-0.05, 0) is 38.0 Å². The van der Waals surface area contributed by atoms with Gasteiger partial charge in [0, 0.05) is 36.6 Å². The molecule has 21 heavy (non-hydrogen) atoms. The molecule has 0 aromatic carbocycles. The fraction of sp³-hybridized carbons (Fsp3) is 0.824. The van der Waals surface area contributed by atoms with E-state index in [1.54, 1.807) is 0 Å². The number of amides is 1. The molecule has 3 fully saturated rings. The van der Waals surface area contributed by atoms with Crippen molar-refractivity contribution in [1.29, 1.82) is 0 Å². The van der Waals surface area contributed by atoms with E-state index in [-0.39, 0.29) is 11.3 Å². The Bertz CT molecular complexity index is 457. The SMILES string of the molecule is O=C(C1=CCCC1)N1C[C@@H]2COC[C@]2(COCC2CC2)C1. The molecule has 0 radical (unpaired) electrons. The van der Waals surface area contributed by atoms with Gasteiger partial charge in [0.1, 0.15) is 0 Å². The molecule has 2 atom stereocenters. The van der Waals surface area contributed by atoms with Gasteiger partial charge < -0.3 is 14.4 Å². The highest BCUT2D eigenvalue weighted by Crippen LogP contribution is 2.42. The molecule has 0 unspecified atom stereocenters. The zero-order valence-electron chi connectivity index (χ0n) is 12.7. The van der Waals surface area contributed by atoms with Crippen molar-refractivity contribution in [1.82, 2.24) is 4.90 Å². The van der Waals surface area contributed by atoms with E-state index in [4.69, 9.17) is 9.47 Å². The van der Waals surface area contributed by atoms with E-state index in [0.717, 1.165) is 70.3 Å². The molecule has 2 heterocycles. The smallest absolute Gasteiger partial charge is 0.249 e. The van der Waals surface area contributed by atoms with Crippen molar-refractivity contribution in [2.24, 2.45) is 17.3 Å². The highest BCUT2D eigenvalue weighted by Gasteiger charge is 2.52. The molecular weight excluding hydrogens is 266 g/mol. The number of carbonyl (C=O) groups is 1. The van der Waals surface area contributed by atoms with Crippen LogP contribution in [0.15, 0.2) is 11.6 Å². The Morgan fingerprint density at radius 3 is 3.14 bits per heavy atom. The molecule has 1 saturated carbocycles. The highest BCUT2D eigenvalue weighted by atomic mass is 16.5. The number of likely N-dealkylation sites (tertiary alicyclic amines) is 1. The first-order chi connectivity index (χ1) is 10.3. The third kappa shape index (κ3) is 2.64. The molecule has 1 amide bonds. The number of allylic oxidation sites excluding steroid dienone is 1. The molecule has 0 aromatic rings. The van der Waals surface area contributed by atoms with E-state index in [0.29, 0.717) is 5.92 Å². The van der Waals surface area contributed by atoms with Crippen LogP contribution in [0.1, 0.15) is 32.1 Å². The Hall–Kier alpha value is -0.870. The molecule has 0 bridgehead atoms. The zero-order chi connectivity index (χ0) is 14.3. The second kappa shape index (κ2) is 5.40. The van der Waals surface area contributed by atoms with Crippen molar-refractivity contribution in [2.75, 3.05) is 39.5 Å². The summed E-state index contributed by atoms with van der Waals surface area (Å²) in [4.78, 5) is 14.6. The summed E-state index contributed by atoms with van der Waals surface area (Å²) in [5.74, 6) is 1.52. The summed E-state index contributed by atoms with van der Waals surface area (Å²) >= 11 is 0. The molecular formula is C17H25NO3. The maximum absolute atomic E-state index is 12.6. The van der Waals surface area contributed by atoms with Crippen molar-refractivity contribution in [3.63, 3.8) is 0 Å². The number of hydrogen-bond acceptors (Lipinski definition) is 3. The lowest BCUT2D eigenvalue weighted by Gasteiger charge is -2.27. The van der Waals surface area contributed by atoms with Gasteiger partial charge in [-0.15, -0.1) is 0 Å². The lowest BCUT2D eigenvalue weighted by atomic mass is 9.82. The van der Waals surface area contributed by atoms with Gasteiger partial charge >= 0.3 is 0 Å². The summed E-state index contributed by atoms with van der Waals surface area (Å²) in [6.45, 7) is 4.87. The van der Waals surface area contributed by atoms with Gasteiger partial charge in [-0.25, -0.2) is 0 Å². The molecule has 0 aromatic heterocycles. The normalized spacial score (nSPS) is 35.1. The van der Waals surface area contributed by atoms with Crippen LogP contribution in [-0.2, 0) is 14.3 Å². The standard InChI is InChI=1S/C17H25NO3/c19-16(14-3-1-2-4-14)18-7-15-9-21-12-17(15,10-18)11-20-8-13-5-6-13/h3,13,15H,1-2,4-12H2/t15-,17-/m1/s1. The van der Waals surface area contributed by atoms with Gasteiger partial charge in [-0.1, -0.05) is 6.08 Å². The molecule has 4 heteroatoms. The minimum Gasteiger partial charge on any atom is -0.380 e. The van der Waals surface area contributed by atoms with E-state index in [2.05, 4.69) is 11.0 Å². The van der Waals surface area contributed by atoms with Crippen molar-refractivity contribution in [2.45, 2.75) is 32.1 Å². The fourth-order valence-corrected chi connectivity index (χ4v) is 3.97. The molecule has 2 aliphatic heterocycles. The highest BCUT2D eigenvalue weighted by molar-refractivity contribution is 5.94. The molecule has 4 rings (SSSR count). The molecule has 0 N–H and O–H groups in total. The van der Waals surface area contributed by atoms with Crippen molar-refractivity contribution >= 4 is 5.91 Å². The first-order valence-corrected chi connectivity index (χ1v) is 8.41. The summed E-state index contributed by atoms with van der Waals surface area (Å²) in [7, 11) is 0. The minimum atomic E-state index is 0.0592. The summed E-state index contributed by atoms with van der Waals surface area (Å²) in [6.07, 6.45) is 7.94. The predicted molar refractivity (Wildman–Crippen MR) is 78.8 cm³/mol. The summed E-state index contributed by atoms with van der Waals surface area (Å²) < 4.78 is 11.7. The lowest BCUT2D eigenvalue weighted by molar-refractivity contribution is -0.127. The Morgan fingerprint density at radius 1 is 1.48 bits per heavy atom. The number of nitrogens with zero attached hydrogens (tertiary/aromatic N) is 1. The van der Waals surface area contributed by atoms with Gasteiger partial charge in [0.05, 0.1) is 19.8 Å². The van der Waals surface area contributed by atoms with Gasteiger partial charge in [0.15, 0.2) is 0 Å². The van der Waals surface area contributed by atoms with Crippen LogP contribution < -0.4 is 0 Å². The number of carbonyl (C=O) groups excluding carboxylic acids is 1. The number of fused-ring (bicyclic) bond motifs is 1. The summed E-state index contributed by atoms with van der Waals surface area (Å²) in [5.41, 5.74) is 1.09. The molecule has 4 aliphatic rings. The third-order valence-corrected chi connectivity index (χ3v) is 5.56. The molecule has 116 valence electrons. The first kappa shape index (κ1) is 13.8. The van der Waals surface area contributed by atoms with E-state index < -0.39 is 0 Å². The van der Waals surface area contributed by atoms with Gasteiger partial charge in [-0.2, -0.15) is 0 Å². The van der Waals surface area contributed by atoms with Crippen LogP contribution in [0.2, 0.25) is 0 Å². The Morgan fingerprint density at radius 2 is 2.38 bits per heavy atom. The van der Waals surface area contributed by atoms with Crippen LogP contribution in [-0.4, -0.2) is 50.3 Å². The summed E-state index contributed by atoms with van der Waals surface area (Å²) in [6, 6.07) is 0. The van der Waals surface area contributed by atoms with Gasteiger partial charge in [-0.3, -0.25) is 4.79 Å². The average Bonchev–Trinajstić information content (AvgIpc) is 2.91. The minimum absolute atomic E-state index is 0.0592. The monoisotopic (exact) mass is 291 g/mol. The van der Waals surface area contributed by atoms with E-state index in [1.807, 2.05) is 0 Å². The number of hydrogen-bond donors (Lipinski definition) is 0. The van der Waals surface area contributed by atoms with Crippen molar-refractivity contribution < 1.29 is 14.3 Å². The second-order valence-electron chi connectivity index (χ2n) is 7.34. The zero-order valence-corrected chi connectivity index (χ0v) is 12.7. The lowest BCUT2D eigenvalue weighted by Crippen LogP contribution is -2.37. The van der Waals surface area contributed by atoms with Crippen LogP contribution in [0.3, 0.4) is 0 Å². The Labute approximate surface area is 126 Å². The Kier molecular flexibility index (Phi) is 3.54. The number of rotatable bonds is 5.